The maximum Gasteiger partial charge on any atom is 0.253 e. The van der Waals surface area contributed by atoms with E-state index < -0.39 is 0 Å². The van der Waals surface area contributed by atoms with Gasteiger partial charge in [0.2, 0.25) is 0 Å². The van der Waals surface area contributed by atoms with Gasteiger partial charge in [0.25, 0.3) is 5.91 Å². The van der Waals surface area contributed by atoms with E-state index in [4.69, 9.17) is 11.6 Å². The number of carbonyl (C=O) groups excluding carboxylic acids is 1. The topological polar surface area (TPSA) is 41.5 Å². The van der Waals surface area contributed by atoms with Crippen LogP contribution in [0.2, 0.25) is 5.02 Å². The van der Waals surface area contributed by atoms with Gasteiger partial charge in [0, 0.05) is 15.6 Å². The monoisotopic (exact) mass is 296 g/mol. The minimum atomic E-state index is -0.174. The van der Waals surface area contributed by atoms with Crippen molar-refractivity contribution in [2.24, 2.45) is 5.10 Å². The fourth-order valence-electron chi connectivity index (χ4n) is 1.89. The molecular formula is C14H17ClN2OS. The van der Waals surface area contributed by atoms with E-state index in [1.165, 1.54) is 24.6 Å². The molecule has 1 aromatic carbocycles. The number of hydrogen-bond acceptors (Lipinski definition) is 3. The Bertz CT molecular complexity index is 465. The number of halogens is 1. The quantitative estimate of drug-likeness (QED) is 0.677. The Morgan fingerprint density at radius 2 is 1.95 bits per heavy atom. The smallest absolute Gasteiger partial charge is 0.253 e. The molecule has 0 bridgehead atoms. The Morgan fingerprint density at radius 3 is 2.58 bits per heavy atom. The van der Waals surface area contributed by atoms with E-state index in [-0.39, 0.29) is 11.2 Å². The van der Waals surface area contributed by atoms with E-state index >= 15 is 0 Å². The van der Waals surface area contributed by atoms with Crippen LogP contribution in [-0.2, 0) is 4.79 Å². The zero-order chi connectivity index (χ0) is 13.7. The molecule has 0 aliphatic heterocycles. The molecule has 0 spiro atoms. The first-order chi connectivity index (χ1) is 9.15. The van der Waals surface area contributed by atoms with Crippen LogP contribution in [0, 0.1) is 0 Å². The lowest BCUT2D eigenvalue weighted by Gasteiger charge is -2.09. The Hall–Kier alpha value is -1.00. The lowest BCUT2D eigenvalue weighted by atomic mass is 10.3. The number of thioether (sulfide) groups is 1. The molecule has 1 saturated carbocycles. The summed E-state index contributed by atoms with van der Waals surface area (Å²) in [5.41, 5.74) is 3.77. The molecule has 0 aromatic heterocycles. The summed E-state index contributed by atoms with van der Waals surface area (Å²) in [6, 6.07) is 7.49. The van der Waals surface area contributed by atoms with Gasteiger partial charge in [0.1, 0.15) is 0 Å². The third kappa shape index (κ3) is 4.55. The highest BCUT2D eigenvalue weighted by atomic mass is 35.5. The molecule has 1 amide bonds. The van der Waals surface area contributed by atoms with Crippen LogP contribution >= 0.6 is 23.4 Å². The minimum Gasteiger partial charge on any atom is -0.272 e. The lowest BCUT2D eigenvalue weighted by Crippen LogP contribution is -2.27. The second-order valence-corrected chi connectivity index (χ2v) is 6.43. The van der Waals surface area contributed by atoms with E-state index in [2.05, 4.69) is 10.5 Å². The second-order valence-electron chi connectivity index (χ2n) is 4.58. The Balaban J connectivity index is 1.85. The fourth-order valence-corrected chi connectivity index (χ4v) is 2.88. The normalized spacial score (nSPS) is 16.2. The Kier molecular flexibility index (Phi) is 5.28. The second kappa shape index (κ2) is 6.96. The maximum absolute atomic E-state index is 11.9. The molecule has 5 heteroatoms. The number of hydrazone groups is 1. The summed E-state index contributed by atoms with van der Waals surface area (Å²) in [7, 11) is 0. The number of nitrogens with one attached hydrogen (secondary N) is 1. The number of hydrogen-bond donors (Lipinski definition) is 1. The molecule has 19 heavy (non-hydrogen) atoms. The highest BCUT2D eigenvalue weighted by Gasteiger charge is 2.15. The van der Waals surface area contributed by atoms with Crippen LogP contribution in [-0.4, -0.2) is 16.9 Å². The summed E-state index contributed by atoms with van der Waals surface area (Å²) in [6.45, 7) is 1.88. The largest absolute Gasteiger partial charge is 0.272 e. The van der Waals surface area contributed by atoms with Crippen LogP contribution in [0.4, 0.5) is 0 Å². The highest BCUT2D eigenvalue weighted by molar-refractivity contribution is 8.00. The third-order valence-corrected chi connectivity index (χ3v) is 4.36. The van der Waals surface area contributed by atoms with Crippen molar-refractivity contribution in [3.63, 3.8) is 0 Å². The molecule has 1 fully saturated rings. The first-order valence-electron chi connectivity index (χ1n) is 6.42. The highest BCUT2D eigenvalue weighted by Crippen LogP contribution is 2.24. The van der Waals surface area contributed by atoms with Crippen molar-refractivity contribution in [1.82, 2.24) is 5.43 Å². The molecule has 0 unspecified atom stereocenters. The molecule has 1 atom stereocenters. The zero-order valence-corrected chi connectivity index (χ0v) is 12.4. The summed E-state index contributed by atoms with van der Waals surface area (Å²) < 4.78 is 0. The summed E-state index contributed by atoms with van der Waals surface area (Å²) in [4.78, 5) is 12.9. The van der Waals surface area contributed by atoms with Gasteiger partial charge in [-0.05, 0) is 56.9 Å². The molecule has 3 nitrogen and oxygen atoms in total. The zero-order valence-electron chi connectivity index (χ0n) is 10.9. The Labute approximate surface area is 122 Å². The summed E-state index contributed by atoms with van der Waals surface area (Å²) in [5, 5.41) is 4.71. The molecule has 0 heterocycles. The first kappa shape index (κ1) is 14.4. The van der Waals surface area contributed by atoms with Crippen LogP contribution in [0.3, 0.4) is 0 Å². The van der Waals surface area contributed by atoms with Crippen molar-refractivity contribution in [2.45, 2.75) is 42.8 Å². The van der Waals surface area contributed by atoms with E-state index in [1.54, 1.807) is 0 Å². The molecule has 0 radical (unpaired) electrons. The third-order valence-electron chi connectivity index (χ3n) is 3.00. The van der Waals surface area contributed by atoms with Gasteiger partial charge in [-0.2, -0.15) is 5.10 Å². The van der Waals surface area contributed by atoms with Gasteiger partial charge in [-0.15, -0.1) is 11.8 Å². The number of nitrogens with zero attached hydrogens (tertiary/aromatic N) is 1. The van der Waals surface area contributed by atoms with Gasteiger partial charge >= 0.3 is 0 Å². The average molecular weight is 297 g/mol. The van der Waals surface area contributed by atoms with Crippen molar-refractivity contribution in [3.8, 4) is 0 Å². The van der Waals surface area contributed by atoms with Gasteiger partial charge in [-0.3, -0.25) is 4.79 Å². The van der Waals surface area contributed by atoms with Crippen LogP contribution < -0.4 is 5.43 Å². The van der Waals surface area contributed by atoms with Crippen LogP contribution in [0.5, 0.6) is 0 Å². The minimum absolute atomic E-state index is 0.0562. The molecule has 102 valence electrons. The van der Waals surface area contributed by atoms with E-state index in [0.717, 1.165) is 23.4 Å². The van der Waals surface area contributed by atoms with Gasteiger partial charge in [-0.25, -0.2) is 5.43 Å². The van der Waals surface area contributed by atoms with Crippen LogP contribution in [0.1, 0.15) is 32.6 Å². The van der Waals surface area contributed by atoms with Crippen molar-refractivity contribution in [3.05, 3.63) is 29.3 Å². The van der Waals surface area contributed by atoms with Crippen LogP contribution in [0.15, 0.2) is 34.3 Å². The number of benzene rings is 1. The van der Waals surface area contributed by atoms with E-state index in [9.17, 15) is 4.79 Å². The average Bonchev–Trinajstić information content (AvgIpc) is 2.91. The van der Waals surface area contributed by atoms with Gasteiger partial charge in [0.05, 0.1) is 5.25 Å². The predicted octanol–water partition coefficient (Wildman–Crippen LogP) is 3.87. The molecular weight excluding hydrogens is 280 g/mol. The molecule has 1 aliphatic rings. The molecule has 1 aromatic rings. The Morgan fingerprint density at radius 1 is 1.32 bits per heavy atom. The van der Waals surface area contributed by atoms with Gasteiger partial charge in [-0.1, -0.05) is 11.6 Å². The summed E-state index contributed by atoms with van der Waals surface area (Å²) >= 11 is 7.33. The molecule has 0 saturated heterocycles. The van der Waals surface area contributed by atoms with Crippen LogP contribution in [0.25, 0.3) is 0 Å². The van der Waals surface area contributed by atoms with E-state index in [0.29, 0.717) is 5.02 Å². The van der Waals surface area contributed by atoms with Crippen molar-refractivity contribution < 1.29 is 4.79 Å². The number of rotatable bonds is 4. The number of amides is 1. The van der Waals surface area contributed by atoms with Crippen molar-refractivity contribution in [1.29, 1.82) is 0 Å². The summed E-state index contributed by atoms with van der Waals surface area (Å²) in [6.07, 6.45) is 4.39. The summed E-state index contributed by atoms with van der Waals surface area (Å²) in [5.74, 6) is -0.0562. The van der Waals surface area contributed by atoms with Gasteiger partial charge in [0.15, 0.2) is 0 Å². The fraction of sp³-hybridized carbons (Fsp3) is 0.429. The number of carbonyl (C=O) groups is 1. The molecule has 1 N–H and O–H groups in total. The van der Waals surface area contributed by atoms with Crippen molar-refractivity contribution in [2.75, 3.05) is 0 Å². The molecule has 2 rings (SSSR count). The lowest BCUT2D eigenvalue weighted by molar-refractivity contribution is -0.120. The van der Waals surface area contributed by atoms with E-state index in [1.807, 2.05) is 31.2 Å². The van der Waals surface area contributed by atoms with Crippen molar-refractivity contribution >= 4 is 35.0 Å². The standard InChI is InChI=1S/C14H17ClN2OS/c1-10(19-13-8-6-11(15)7-9-13)14(18)17-16-12-4-2-3-5-12/h6-10H,2-5H2,1H3,(H,17,18)/t10-/m0/s1. The molecule has 1 aliphatic carbocycles. The first-order valence-corrected chi connectivity index (χ1v) is 7.68. The van der Waals surface area contributed by atoms with Gasteiger partial charge < -0.3 is 0 Å². The maximum atomic E-state index is 11.9. The predicted molar refractivity (Wildman–Crippen MR) is 80.8 cm³/mol. The SMILES string of the molecule is C[C@H](Sc1ccc(Cl)cc1)C(=O)NN=C1CCCC1.